The number of benzene rings is 2. The topological polar surface area (TPSA) is 60.5 Å². The quantitative estimate of drug-likeness (QED) is 0.656. The summed E-state index contributed by atoms with van der Waals surface area (Å²) in [4.78, 5) is 16.6. The van der Waals surface area contributed by atoms with Gasteiger partial charge in [-0.3, -0.25) is 4.79 Å². The largest absolute Gasteiger partial charge is 0.486 e. The lowest BCUT2D eigenvalue weighted by atomic mass is 10.1. The number of thiazole rings is 1. The van der Waals surface area contributed by atoms with Crippen molar-refractivity contribution in [1.82, 2.24) is 10.3 Å². The van der Waals surface area contributed by atoms with Crippen LogP contribution in [0.25, 0.3) is 10.2 Å². The van der Waals surface area contributed by atoms with E-state index in [1.807, 2.05) is 36.4 Å². The van der Waals surface area contributed by atoms with Crippen molar-refractivity contribution in [3.05, 3.63) is 53.0 Å². The van der Waals surface area contributed by atoms with Crippen LogP contribution in [0.5, 0.6) is 11.5 Å². The number of rotatable bonds is 7. The number of aromatic nitrogens is 1. The fraction of sp³-hybridized carbons (Fsp3) is 0.300. The summed E-state index contributed by atoms with van der Waals surface area (Å²) in [6, 6.07) is 14.0. The van der Waals surface area contributed by atoms with Gasteiger partial charge in [-0.25, -0.2) is 4.98 Å². The van der Waals surface area contributed by atoms with E-state index in [9.17, 15) is 4.79 Å². The number of nitrogens with one attached hydrogen (secondary N) is 1. The standard InChI is InChI=1S/C20H20N2O3S2/c23-19(12-26-13-20-22-15-3-1-2-4-18(15)27-20)21-8-7-14-5-6-16-17(11-14)25-10-9-24-16/h1-6,11H,7-10,12-13H2,(H,21,23). The van der Waals surface area contributed by atoms with Gasteiger partial charge in [-0.15, -0.1) is 23.1 Å². The van der Waals surface area contributed by atoms with Crippen LogP contribution in [0, 0.1) is 0 Å². The van der Waals surface area contributed by atoms with E-state index in [1.165, 1.54) is 4.70 Å². The van der Waals surface area contributed by atoms with Crippen molar-refractivity contribution in [3.8, 4) is 11.5 Å². The molecule has 0 spiro atoms. The van der Waals surface area contributed by atoms with E-state index in [0.717, 1.165) is 39.8 Å². The zero-order valence-corrected chi connectivity index (χ0v) is 16.4. The van der Waals surface area contributed by atoms with Gasteiger partial charge in [-0.1, -0.05) is 18.2 Å². The number of nitrogens with zero attached hydrogens (tertiary/aromatic N) is 1. The number of carbonyl (C=O) groups excluding carboxylic acids is 1. The number of ether oxygens (including phenoxy) is 2. The van der Waals surface area contributed by atoms with Crippen LogP contribution >= 0.6 is 23.1 Å². The summed E-state index contributed by atoms with van der Waals surface area (Å²) in [5.74, 6) is 2.84. The van der Waals surface area contributed by atoms with Crippen molar-refractivity contribution in [2.75, 3.05) is 25.5 Å². The second-order valence-corrected chi connectivity index (χ2v) is 8.25. The second-order valence-electron chi connectivity index (χ2n) is 6.15. The van der Waals surface area contributed by atoms with Crippen LogP contribution in [0.2, 0.25) is 0 Å². The van der Waals surface area contributed by atoms with Crippen LogP contribution in [-0.4, -0.2) is 36.4 Å². The molecule has 1 aliphatic heterocycles. The first-order chi connectivity index (χ1) is 13.3. The average molecular weight is 401 g/mol. The highest BCUT2D eigenvalue weighted by atomic mass is 32.2. The first-order valence-electron chi connectivity index (χ1n) is 8.85. The molecule has 140 valence electrons. The zero-order valence-electron chi connectivity index (χ0n) is 14.8. The summed E-state index contributed by atoms with van der Waals surface area (Å²) in [6.07, 6.45) is 0.769. The van der Waals surface area contributed by atoms with Gasteiger partial charge in [0.25, 0.3) is 0 Å². The molecule has 3 aromatic rings. The smallest absolute Gasteiger partial charge is 0.230 e. The molecular formula is C20H20N2O3S2. The van der Waals surface area contributed by atoms with Gasteiger partial charge in [-0.2, -0.15) is 0 Å². The maximum atomic E-state index is 12.0. The van der Waals surface area contributed by atoms with Gasteiger partial charge in [0, 0.05) is 12.3 Å². The molecule has 1 amide bonds. The second kappa shape index (κ2) is 8.63. The molecule has 1 aliphatic rings. The lowest BCUT2D eigenvalue weighted by Gasteiger charge is -2.18. The fourth-order valence-corrected chi connectivity index (χ4v) is 4.73. The monoisotopic (exact) mass is 400 g/mol. The Morgan fingerprint density at radius 1 is 1.15 bits per heavy atom. The predicted molar refractivity (Wildman–Crippen MR) is 110 cm³/mol. The lowest BCUT2D eigenvalue weighted by molar-refractivity contribution is -0.118. The molecule has 27 heavy (non-hydrogen) atoms. The van der Waals surface area contributed by atoms with Gasteiger partial charge >= 0.3 is 0 Å². The van der Waals surface area contributed by atoms with E-state index in [4.69, 9.17) is 9.47 Å². The highest BCUT2D eigenvalue weighted by Gasteiger charge is 2.12. The number of carbonyl (C=O) groups is 1. The van der Waals surface area contributed by atoms with E-state index in [1.54, 1.807) is 23.1 Å². The lowest BCUT2D eigenvalue weighted by Crippen LogP contribution is -2.27. The molecule has 2 aromatic carbocycles. The molecule has 2 heterocycles. The molecule has 0 saturated heterocycles. The number of thioether (sulfide) groups is 1. The summed E-state index contributed by atoms with van der Waals surface area (Å²) in [6.45, 7) is 1.79. The highest BCUT2D eigenvalue weighted by molar-refractivity contribution is 7.99. The summed E-state index contributed by atoms with van der Waals surface area (Å²) in [5, 5.41) is 4.04. The van der Waals surface area contributed by atoms with Gasteiger partial charge in [0.15, 0.2) is 11.5 Å². The maximum absolute atomic E-state index is 12.0. The normalized spacial score (nSPS) is 12.9. The number of amides is 1. The number of fused-ring (bicyclic) bond motifs is 2. The molecule has 7 heteroatoms. The van der Waals surface area contributed by atoms with Crippen molar-refractivity contribution in [2.24, 2.45) is 0 Å². The van der Waals surface area contributed by atoms with E-state index in [0.29, 0.717) is 25.5 Å². The van der Waals surface area contributed by atoms with Gasteiger partial charge in [-0.05, 0) is 36.2 Å². The Bertz CT molecular complexity index is 909. The summed E-state index contributed by atoms with van der Waals surface area (Å²) < 4.78 is 12.3. The fourth-order valence-electron chi connectivity index (χ4n) is 2.85. The molecule has 1 aromatic heterocycles. The third-order valence-electron chi connectivity index (χ3n) is 4.14. The molecule has 0 fully saturated rings. The molecule has 0 atom stereocenters. The third-order valence-corrected chi connectivity index (χ3v) is 6.30. The molecule has 0 saturated carbocycles. The first-order valence-corrected chi connectivity index (χ1v) is 10.8. The van der Waals surface area contributed by atoms with Crippen LogP contribution in [0.4, 0.5) is 0 Å². The third kappa shape index (κ3) is 4.73. The van der Waals surface area contributed by atoms with Gasteiger partial charge < -0.3 is 14.8 Å². The Morgan fingerprint density at radius 2 is 2.00 bits per heavy atom. The Balaban J connectivity index is 1.18. The summed E-state index contributed by atoms with van der Waals surface area (Å²) in [5.41, 5.74) is 2.16. The van der Waals surface area contributed by atoms with Crippen LogP contribution in [-0.2, 0) is 17.0 Å². The van der Waals surface area contributed by atoms with E-state index in [-0.39, 0.29) is 5.91 Å². The number of hydrogen-bond acceptors (Lipinski definition) is 6. The average Bonchev–Trinajstić information content (AvgIpc) is 3.11. The van der Waals surface area contributed by atoms with Crippen LogP contribution < -0.4 is 14.8 Å². The molecule has 4 rings (SSSR count). The number of hydrogen-bond donors (Lipinski definition) is 1. The van der Waals surface area contributed by atoms with Gasteiger partial charge in [0.1, 0.15) is 18.2 Å². The summed E-state index contributed by atoms with van der Waals surface area (Å²) in [7, 11) is 0. The maximum Gasteiger partial charge on any atom is 0.230 e. The van der Waals surface area contributed by atoms with Gasteiger partial charge in [0.2, 0.25) is 5.91 Å². The minimum absolute atomic E-state index is 0.0543. The summed E-state index contributed by atoms with van der Waals surface area (Å²) >= 11 is 3.28. The van der Waals surface area contributed by atoms with Crippen LogP contribution in [0.1, 0.15) is 10.6 Å². The number of para-hydroxylation sites is 1. The molecular weight excluding hydrogens is 380 g/mol. The molecule has 0 aliphatic carbocycles. The van der Waals surface area contributed by atoms with E-state index < -0.39 is 0 Å². The molecule has 0 radical (unpaired) electrons. The Kier molecular flexibility index (Phi) is 5.79. The Labute approximate surface area is 166 Å². The van der Waals surface area contributed by atoms with Crippen molar-refractivity contribution in [2.45, 2.75) is 12.2 Å². The van der Waals surface area contributed by atoms with Crippen molar-refractivity contribution in [1.29, 1.82) is 0 Å². The van der Waals surface area contributed by atoms with Crippen molar-refractivity contribution < 1.29 is 14.3 Å². The Hall–Kier alpha value is -2.25. The Morgan fingerprint density at radius 3 is 2.89 bits per heavy atom. The zero-order chi connectivity index (χ0) is 18.5. The predicted octanol–water partition coefficient (Wildman–Crippen LogP) is 3.66. The highest BCUT2D eigenvalue weighted by Crippen LogP contribution is 2.30. The van der Waals surface area contributed by atoms with Crippen molar-refractivity contribution >= 4 is 39.2 Å². The first kappa shape index (κ1) is 18.1. The minimum atomic E-state index is 0.0543. The van der Waals surface area contributed by atoms with Crippen LogP contribution in [0.3, 0.4) is 0 Å². The van der Waals surface area contributed by atoms with E-state index >= 15 is 0 Å². The molecule has 1 N–H and O–H groups in total. The van der Waals surface area contributed by atoms with Gasteiger partial charge in [0.05, 0.1) is 16.0 Å². The SMILES string of the molecule is O=C(CSCc1nc2ccccc2s1)NCCc1ccc2c(c1)OCCO2. The molecule has 5 nitrogen and oxygen atoms in total. The molecule has 0 unspecified atom stereocenters. The van der Waals surface area contributed by atoms with E-state index in [2.05, 4.69) is 16.4 Å². The minimum Gasteiger partial charge on any atom is -0.486 e. The molecule has 0 bridgehead atoms. The van der Waals surface area contributed by atoms with Crippen LogP contribution in [0.15, 0.2) is 42.5 Å². The van der Waals surface area contributed by atoms with Crippen molar-refractivity contribution in [3.63, 3.8) is 0 Å².